The summed E-state index contributed by atoms with van der Waals surface area (Å²) in [7, 11) is 0. The average Bonchev–Trinajstić information content (AvgIpc) is 3.21. The van der Waals surface area contributed by atoms with Gasteiger partial charge in [0.1, 0.15) is 4.88 Å². The van der Waals surface area contributed by atoms with Crippen LogP contribution in [0.2, 0.25) is 0 Å². The van der Waals surface area contributed by atoms with Gasteiger partial charge in [0, 0.05) is 5.56 Å². The second-order valence-electron chi connectivity index (χ2n) is 5.10. The molecule has 0 spiro atoms. The van der Waals surface area contributed by atoms with Gasteiger partial charge in [-0.05, 0) is 36.1 Å². The Balaban J connectivity index is 1.71. The Hall–Kier alpha value is -2.68. The largest absolute Gasteiger partial charge is 0.451 e. The van der Waals surface area contributed by atoms with Gasteiger partial charge >= 0.3 is 12.1 Å². The highest BCUT2D eigenvalue weighted by atomic mass is 32.1. The fourth-order valence-corrected chi connectivity index (χ4v) is 2.86. The third-order valence-corrected chi connectivity index (χ3v) is 4.29. The topological polar surface area (TPSA) is 65.2 Å². The second kappa shape index (κ2) is 6.67. The van der Waals surface area contributed by atoms with E-state index in [-0.39, 0.29) is 23.9 Å². The van der Waals surface area contributed by atoms with E-state index >= 15 is 0 Å². The molecule has 9 heteroatoms. The third-order valence-electron chi connectivity index (χ3n) is 3.29. The van der Waals surface area contributed by atoms with Crippen LogP contribution in [-0.2, 0) is 17.5 Å². The molecule has 0 saturated carbocycles. The molecule has 0 saturated heterocycles. The minimum atomic E-state index is -4.46. The number of carbonyl (C=O) groups excluding carboxylic acids is 1. The molecule has 2 heterocycles. The Kier molecular flexibility index (Phi) is 4.58. The maximum absolute atomic E-state index is 12.7. The van der Waals surface area contributed by atoms with Crippen molar-refractivity contribution < 1.29 is 27.2 Å². The number of hydrogen-bond acceptors (Lipinski definition) is 6. The number of hydrogen-bond donors (Lipinski definition) is 0. The first-order valence-corrected chi connectivity index (χ1v) is 7.94. The minimum absolute atomic E-state index is 0.00466. The molecule has 0 aliphatic rings. The summed E-state index contributed by atoms with van der Waals surface area (Å²) >= 11 is 1.25. The van der Waals surface area contributed by atoms with Gasteiger partial charge in [0.05, 0.1) is 5.56 Å². The van der Waals surface area contributed by atoms with Crippen molar-refractivity contribution in [3.8, 4) is 11.4 Å². The zero-order valence-corrected chi connectivity index (χ0v) is 13.6. The van der Waals surface area contributed by atoms with E-state index in [9.17, 15) is 18.0 Å². The van der Waals surface area contributed by atoms with Gasteiger partial charge in [-0.1, -0.05) is 17.3 Å². The summed E-state index contributed by atoms with van der Waals surface area (Å²) in [4.78, 5) is 16.3. The van der Waals surface area contributed by atoms with Gasteiger partial charge in [0.15, 0.2) is 6.61 Å². The number of benzene rings is 1. The fourth-order valence-electron chi connectivity index (χ4n) is 2.04. The summed E-state index contributed by atoms with van der Waals surface area (Å²) in [5.41, 5.74) is 0.145. The minimum Gasteiger partial charge on any atom is -0.451 e. The quantitative estimate of drug-likeness (QED) is 0.635. The third kappa shape index (κ3) is 3.87. The van der Waals surface area contributed by atoms with Crippen LogP contribution >= 0.6 is 11.3 Å². The lowest BCUT2D eigenvalue weighted by atomic mass is 10.1. The second-order valence-corrected chi connectivity index (χ2v) is 6.02. The summed E-state index contributed by atoms with van der Waals surface area (Å²) in [5.74, 6) is -0.536. The van der Waals surface area contributed by atoms with Crippen LogP contribution in [0.3, 0.4) is 0 Å². The smallest absolute Gasteiger partial charge is 0.416 e. The first kappa shape index (κ1) is 17.2. The Morgan fingerprint density at radius 1 is 1.32 bits per heavy atom. The lowest BCUT2D eigenvalue weighted by Gasteiger charge is -2.06. The van der Waals surface area contributed by atoms with Crippen LogP contribution in [0.15, 0.2) is 40.2 Å². The molecule has 0 aliphatic carbocycles. The molecule has 3 aromatic rings. The summed E-state index contributed by atoms with van der Waals surface area (Å²) < 4.78 is 48.2. The first-order chi connectivity index (χ1) is 11.8. The van der Waals surface area contributed by atoms with Gasteiger partial charge in [-0.2, -0.15) is 18.2 Å². The number of ether oxygens (including phenoxy) is 1. The number of alkyl halides is 3. The molecule has 1 aromatic carbocycles. The van der Waals surface area contributed by atoms with E-state index in [0.29, 0.717) is 4.88 Å². The highest BCUT2D eigenvalue weighted by Crippen LogP contribution is 2.31. The van der Waals surface area contributed by atoms with Crippen molar-refractivity contribution in [1.82, 2.24) is 10.1 Å². The number of carbonyl (C=O) groups is 1. The Morgan fingerprint density at radius 2 is 2.12 bits per heavy atom. The molecule has 0 unspecified atom stereocenters. The molecule has 0 amide bonds. The van der Waals surface area contributed by atoms with Crippen molar-refractivity contribution in [2.45, 2.75) is 19.7 Å². The van der Waals surface area contributed by atoms with Crippen molar-refractivity contribution in [2.24, 2.45) is 0 Å². The van der Waals surface area contributed by atoms with Crippen LogP contribution in [0.5, 0.6) is 0 Å². The van der Waals surface area contributed by atoms with Crippen molar-refractivity contribution in [1.29, 1.82) is 0 Å². The maximum Gasteiger partial charge on any atom is 0.416 e. The van der Waals surface area contributed by atoms with Crippen molar-refractivity contribution in [3.63, 3.8) is 0 Å². The van der Waals surface area contributed by atoms with E-state index < -0.39 is 17.7 Å². The lowest BCUT2D eigenvalue weighted by molar-refractivity contribution is -0.137. The number of aryl methyl sites for hydroxylation is 1. The number of thiophene rings is 1. The van der Waals surface area contributed by atoms with Crippen LogP contribution < -0.4 is 0 Å². The van der Waals surface area contributed by atoms with E-state index in [4.69, 9.17) is 9.26 Å². The Morgan fingerprint density at radius 3 is 2.80 bits per heavy atom. The van der Waals surface area contributed by atoms with Crippen LogP contribution in [0.25, 0.3) is 11.4 Å². The van der Waals surface area contributed by atoms with Crippen LogP contribution in [0.1, 0.15) is 26.7 Å². The molecule has 25 heavy (non-hydrogen) atoms. The zero-order valence-electron chi connectivity index (χ0n) is 12.8. The summed E-state index contributed by atoms with van der Waals surface area (Å²) in [6.45, 7) is 1.52. The lowest BCUT2D eigenvalue weighted by Crippen LogP contribution is -2.05. The number of aromatic nitrogens is 2. The number of nitrogens with zero attached hydrogens (tertiary/aromatic N) is 2. The normalized spacial score (nSPS) is 11.5. The summed E-state index contributed by atoms with van der Waals surface area (Å²) in [6.07, 6.45) is -4.46. The van der Waals surface area contributed by atoms with E-state index in [2.05, 4.69) is 10.1 Å². The first-order valence-electron chi connectivity index (χ1n) is 7.06. The van der Waals surface area contributed by atoms with Crippen molar-refractivity contribution in [3.05, 3.63) is 57.6 Å². The van der Waals surface area contributed by atoms with Crippen LogP contribution in [0.4, 0.5) is 13.2 Å². The molecule has 3 rings (SSSR count). The average molecular weight is 368 g/mol. The molecule has 0 N–H and O–H groups in total. The van der Waals surface area contributed by atoms with E-state index in [0.717, 1.165) is 17.7 Å². The molecule has 0 bridgehead atoms. The predicted octanol–water partition coefficient (Wildman–Crippen LogP) is 4.48. The van der Waals surface area contributed by atoms with Gasteiger partial charge in [0.2, 0.25) is 5.82 Å². The summed E-state index contributed by atoms with van der Waals surface area (Å²) in [6, 6.07) is 6.36. The predicted molar refractivity (Wildman–Crippen MR) is 82.9 cm³/mol. The van der Waals surface area contributed by atoms with Crippen LogP contribution in [0, 0.1) is 6.92 Å². The molecular formula is C16H11F3N2O3S. The van der Waals surface area contributed by atoms with Gasteiger partial charge in [-0.15, -0.1) is 11.3 Å². The van der Waals surface area contributed by atoms with E-state index in [1.54, 1.807) is 18.4 Å². The van der Waals surface area contributed by atoms with Gasteiger partial charge in [-0.25, -0.2) is 4.79 Å². The summed E-state index contributed by atoms with van der Waals surface area (Å²) in [5, 5.41) is 5.39. The monoisotopic (exact) mass is 368 g/mol. The molecule has 5 nitrogen and oxygen atoms in total. The highest BCUT2D eigenvalue weighted by molar-refractivity contribution is 7.12. The van der Waals surface area contributed by atoms with Crippen LogP contribution in [-0.4, -0.2) is 16.1 Å². The Bertz CT molecular complexity index is 902. The number of halogens is 3. The SMILES string of the molecule is Cc1ccsc1C(=O)OCc1nc(-c2cccc(C(F)(F)F)c2)no1. The van der Waals surface area contributed by atoms with Gasteiger partial charge in [-0.3, -0.25) is 0 Å². The molecule has 130 valence electrons. The van der Waals surface area contributed by atoms with Gasteiger partial charge < -0.3 is 9.26 Å². The highest BCUT2D eigenvalue weighted by Gasteiger charge is 2.30. The number of rotatable bonds is 4. The maximum atomic E-state index is 12.7. The Labute approximate surface area is 144 Å². The fraction of sp³-hybridized carbons (Fsp3) is 0.188. The van der Waals surface area contributed by atoms with Crippen molar-refractivity contribution >= 4 is 17.3 Å². The molecule has 0 aliphatic heterocycles. The molecule has 2 aromatic heterocycles. The number of esters is 1. The molecule has 0 radical (unpaired) electrons. The standard InChI is InChI=1S/C16H11F3N2O3S/c1-9-5-6-25-13(9)15(22)23-8-12-20-14(21-24-12)10-3-2-4-11(7-10)16(17,18)19/h2-7H,8H2,1H3. The molecule has 0 fully saturated rings. The van der Waals surface area contributed by atoms with Gasteiger partial charge in [0.25, 0.3) is 5.89 Å². The zero-order chi connectivity index (χ0) is 18.0. The molecule has 0 atom stereocenters. The van der Waals surface area contributed by atoms with Crippen molar-refractivity contribution in [2.75, 3.05) is 0 Å². The van der Waals surface area contributed by atoms with E-state index in [1.807, 2.05) is 0 Å². The molecular weight excluding hydrogens is 357 g/mol. The van der Waals surface area contributed by atoms with E-state index in [1.165, 1.54) is 23.5 Å².